The lowest BCUT2D eigenvalue weighted by molar-refractivity contribution is 0.174. The van der Waals surface area contributed by atoms with Crippen molar-refractivity contribution < 1.29 is 25.5 Å². The van der Waals surface area contributed by atoms with Gasteiger partial charge in [0.05, 0.1) is 6.10 Å². The first-order valence-corrected chi connectivity index (χ1v) is 6.89. The van der Waals surface area contributed by atoms with Crippen molar-refractivity contribution in [2.24, 2.45) is 0 Å². The van der Waals surface area contributed by atoms with E-state index in [0.717, 1.165) is 5.56 Å². The maximum absolute atomic E-state index is 9.99. The second-order valence-electron chi connectivity index (χ2n) is 5.04. The van der Waals surface area contributed by atoms with Crippen molar-refractivity contribution in [3.63, 3.8) is 0 Å². The van der Waals surface area contributed by atoms with Crippen LogP contribution in [0, 0.1) is 0 Å². The van der Waals surface area contributed by atoms with Crippen molar-refractivity contribution in [2.75, 3.05) is 13.1 Å². The van der Waals surface area contributed by atoms with Gasteiger partial charge in [-0.1, -0.05) is 12.1 Å². The maximum Gasteiger partial charge on any atom is 0.157 e. The van der Waals surface area contributed by atoms with Crippen LogP contribution in [0.1, 0.15) is 17.2 Å². The number of phenolic OH excluding ortho intramolecular Hbond substituents is 4. The van der Waals surface area contributed by atoms with Crippen LogP contribution in [-0.4, -0.2) is 38.6 Å². The van der Waals surface area contributed by atoms with Gasteiger partial charge in [0.2, 0.25) is 0 Å². The topological polar surface area (TPSA) is 113 Å². The Kier molecular flexibility index (Phi) is 5.08. The van der Waals surface area contributed by atoms with Crippen LogP contribution in [0.15, 0.2) is 36.4 Å². The normalized spacial score (nSPS) is 12.2. The van der Waals surface area contributed by atoms with Gasteiger partial charge < -0.3 is 30.8 Å². The minimum absolute atomic E-state index is 0.153. The second-order valence-corrected chi connectivity index (χ2v) is 5.04. The largest absolute Gasteiger partial charge is 0.504 e. The van der Waals surface area contributed by atoms with Gasteiger partial charge in [0.15, 0.2) is 23.0 Å². The average molecular weight is 305 g/mol. The first-order valence-electron chi connectivity index (χ1n) is 6.89. The van der Waals surface area contributed by atoms with Gasteiger partial charge in [-0.15, -0.1) is 0 Å². The van der Waals surface area contributed by atoms with Crippen molar-refractivity contribution in [3.05, 3.63) is 47.5 Å². The van der Waals surface area contributed by atoms with Crippen LogP contribution in [0.4, 0.5) is 0 Å². The maximum atomic E-state index is 9.99. The molecule has 6 nitrogen and oxygen atoms in total. The van der Waals surface area contributed by atoms with Gasteiger partial charge in [0, 0.05) is 6.54 Å². The molecule has 2 rings (SSSR count). The predicted octanol–water partition coefficient (Wildman–Crippen LogP) is 1.37. The zero-order valence-electron chi connectivity index (χ0n) is 11.9. The summed E-state index contributed by atoms with van der Waals surface area (Å²) in [5, 5.41) is 50.3. The van der Waals surface area contributed by atoms with E-state index in [9.17, 15) is 25.5 Å². The molecule has 2 aromatic rings. The van der Waals surface area contributed by atoms with Crippen LogP contribution < -0.4 is 5.32 Å². The summed E-state index contributed by atoms with van der Waals surface area (Å²) in [7, 11) is 0. The number of aliphatic hydroxyl groups is 1. The Bertz CT molecular complexity index is 644. The summed E-state index contributed by atoms with van der Waals surface area (Å²) in [5.41, 5.74) is 1.37. The van der Waals surface area contributed by atoms with Crippen LogP contribution in [0.25, 0.3) is 0 Å². The lowest BCUT2D eigenvalue weighted by Gasteiger charge is -2.13. The predicted molar refractivity (Wildman–Crippen MR) is 81.1 cm³/mol. The van der Waals surface area contributed by atoms with Crippen molar-refractivity contribution in [1.29, 1.82) is 0 Å². The number of aliphatic hydroxyl groups excluding tert-OH is 1. The first kappa shape index (κ1) is 15.9. The molecule has 0 heterocycles. The Labute approximate surface area is 127 Å². The van der Waals surface area contributed by atoms with Gasteiger partial charge in [-0.2, -0.15) is 0 Å². The molecular formula is C16H19NO5. The Morgan fingerprint density at radius 1 is 0.818 bits per heavy atom. The van der Waals surface area contributed by atoms with Gasteiger partial charge in [0.1, 0.15) is 0 Å². The molecule has 118 valence electrons. The molecular weight excluding hydrogens is 286 g/mol. The van der Waals surface area contributed by atoms with E-state index in [1.165, 1.54) is 24.3 Å². The van der Waals surface area contributed by atoms with Crippen molar-refractivity contribution in [3.8, 4) is 23.0 Å². The summed E-state index contributed by atoms with van der Waals surface area (Å²) in [6, 6.07) is 8.82. The van der Waals surface area contributed by atoms with Crippen molar-refractivity contribution >= 4 is 0 Å². The monoisotopic (exact) mass is 305 g/mol. The number of aromatic hydroxyl groups is 4. The van der Waals surface area contributed by atoms with Gasteiger partial charge in [-0.05, 0) is 48.4 Å². The van der Waals surface area contributed by atoms with Gasteiger partial charge in [-0.25, -0.2) is 0 Å². The SMILES string of the molecule is Oc1ccc(CCNCC(O)c2ccc(O)c(O)c2)cc1O. The Morgan fingerprint density at radius 2 is 1.45 bits per heavy atom. The highest BCUT2D eigenvalue weighted by molar-refractivity contribution is 5.41. The molecule has 0 aliphatic heterocycles. The highest BCUT2D eigenvalue weighted by Crippen LogP contribution is 2.27. The fraction of sp³-hybridized carbons (Fsp3) is 0.250. The van der Waals surface area contributed by atoms with E-state index >= 15 is 0 Å². The molecule has 0 bridgehead atoms. The van der Waals surface area contributed by atoms with Gasteiger partial charge in [0.25, 0.3) is 0 Å². The molecule has 22 heavy (non-hydrogen) atoms. The summed E-state index contributed by atoms with van der Waals surface area (Å²) in [6.45, 7) is 0.861. The first-order chi connectivity index (χ1) is 10.5. The summed E-state index contributed by atoms with van der Waals surface area (Å²) in [4.78, 5) is 0. The minimum atomic E-state index is -0.806. The number of benzene rings is 2. The molecule has 0 aliphatic rings. The fourth-order valence-corrected chi connectivity index (χ4v) is 2.06. The van der Waals surface area contributed by atoms with Gasteiger partial charge >= 0.3 is 0 Å². The molecule has 0 fully saturated rings. The Hall–Kier alpha value is -2.44. The molecule has 0 radical (unpaired) electrons. The highest BCUT2D eigenvalue weighted by atomic mass is 16.3. The summed E-state index contributed by atoms with van der Waals surface area (Å²) in [6.07, 6.45) is -0.179. The third-order valence-electron chi connectivity index (χ3n) is 3.35. The van der Waals surface area contributed by atoms with Crippen LogP contribution in [0.2, 0.25) is 0 Å². The van der Waals surface area contributed by atoms with E-state index in [0.29, 0.717) is 18.5 Å². The van der Waals surface area contributed by atoms with Gasteiger partial charge in [-0.3, -0.25) is 0 Å². The second kappa shape index (κ2) is 7.02. The van der Waals surface area contributed by atoms with E-state index in [1.54, 1.807) is 12.1 Å². The van der Waals surface area contributed by atoms with E-state index in [2.05, 4.69) is 5.32 Å². The quantitative estimate of drug-likeness (QED) is 0.355. The smallest absolute Gasteiger partial charge is 0.157 e. The van der Waals surface area contributed by atoms with Crippen LogP contribution in [0.3, 0.4) is 0 Å². The highest BCUT2D eigenvalue weighted by Gasteiger charge is 2.09. The fourth-order valence-electron chi connectivity index (χ4n) is 2.06. The van der Waals surface area contributed by atoms with Crippen LogP contribution in [0.5, 0.6) is 23.0 Å². The number of hydrogen-bond donors (Lipinski definition) is 6. The summed E-state index contributed by atoms with van der Waals surface area (Å²) >= 11 is 0. The molecule has 0 saturated carbocycles. The Morgan fingerprint density at radius 3 is 2.09 bits per heavy atom. The zero-order valence-corrected chi connectivity index (χ0v) is 11.9. The third-order valence-corrected chi connectivity index (χ3v) is 3.35. The van der Waals surface area contributed by atoms with Crippen LogP contribution in [-0.2, 0) is 6.42 Å². The molecule has 6 heteroatoms. The zero-order chi connectivity index (χ0) is 16.1. The molecule has 0 aromatic heterocycles. The number of rotatable bonds is 6. The minimum Gasteiger partial charge on any atom is -0.504 e. The molecule has 0 saturated heterocycles. The molecule has 2 aromatic carbocycles. The summed E-state index contributed by atoms with van der Waals surface area (Å²) in [5.74, 6) is -0.802. The molecule has 0 amide bonds. The summed E-state index contributed by atoms with van der Waals surface area (Å²) < 4.78 is 0. The number of nitrogens with one attached hydrogen (secondary N) is 1. The van der Waals surface area contributed by atoms with Crippen LogP contribution >= 0.6 is 0 Å². The van der Waals surface area contributed by atoms with E-state index in [1.807, 2.05) is 0 Å². The lowest BCUT2D eigenvalue weighted by Crippen LogP contribution is -2.23. The lowest BCUT2D eigenvalue weighted by atomic mass is 10.1. The molecule has 1 unspecified atom stereocenters. The Balaban J connectivity index is 1.80. The number of hydrogen-bond acceptors (Lipinski definition) is 6. The third kappa shape index (κ3) is 4.03. The average Bonchev–Trinajstić information content (AvgIpc) is 2.49. The number of phenols is 4. The van der Waals surface area contributed by atoms with E-state index in [4.69, 9.17) is 0 Å². The van der Waals surface area contributed by atoms with Crippen molar-refractivity contribution in [1.82, 2.24) is 5.32 Å². The molecule has 0 spiro atoms. The molecule has 0 aliphatic carbocycles. The standard InChI is InChI=1S/C16H19NO5/c18-12-3-1-10(7-14(12)20)5-6-17-9-16(22)11-2-4-13(19)15(21)8-11/h1-4,7-8,16-22H,5-6,9H2. The van der Waals surface area contributed by atoms with E-state index < -0.39 is 6.10 Å². The van der Waals surface area contributed by atoms with Crippen molar-refractivity contribution in [2.45, 2.75) is 12.5 Å². The molecule has 1 atom stereocenters. The van der Waals surface area contributed by atoms with E-state index in [-0.39, 0.29) is 29.5 Å². The molecule has 6 N–H and O–H groups in total.